The number of aliphatic carboxylic acids is 1. The van der Waals surface area contributed by atoms with Crippen LogP contribution in [0, 0.1) is 0 Å². The van der Waals surface area contributed by atoms with Crippen molar-refractivity contribution in [2.24, 2.45) is 0 Å². The molecular formula is C10H18N2O4. The molecule has 0 spiro atoms. The molecule has 0 aromatic carbocycles. The second-order valence-corrected chi connectivity index (χ2v) is 4.15. The molecule has 1 aliphatic rings. The maximum Gasteiger partial charge on any atom is 0.327 e. The molecule has 6 heteroatoms. The zero-order valence-electron chi connectivity index (χ0n) is 9.35. The summed E-state index contributed by atoms with van der Waals surface area (Å²) in [5.41, 5.74) is 0. The minimum absolute atomic E-state index is 0.242. The molecule has 1 rings (SSSR count). The van der Waals surface area contributed by atoms with Crippen LogP contribution in [0.2, 0.25) is 0 Å². The van der Waals surface area contributed by atoms with Gasteiger partial charge >= 0.3 is 5.97 Å². The smallest absolute Gasteiger partial charge is 0.327 e. The van der Waals surface area contributed by atoms with Crippen molar-refractivity contribution in [2.75, 3.05) is 19.6 Å². The lowest BCUT2D eigenvalue weighted by Gasteiger charge is -2.31. The molecule has 0 aromatic heterocycles. The fourth-order valence-electron chi connectivity index (χ4n) is 1.89. The number of carboxylic acids is 1. The van der Waals surface area contributed by atoms with Gasteiger partial charge in [0.2, 0.25) is 5.91 Å². The largest absolute Gasteiger partial charge is 0.480 e. The number of hydrogen-bond donors (Lipinski definition) is 3. The zero-order valence-corrected chi connectivity index (χ0v) is 9.35. The summed E-state index contributed by atoms with van der Waals surface area (Å²) in [6.07, 6.45) is 1.22. The molecule has 1 fully saturated rings. The average molecular weight is 230 g/mol. The standard InChI is InChI=1S/C10H18N2O4/c1-7(13)11-9(10(15)16)6-12-4-2-3-8(14)5-12/h8-9,14H,2-6H2,1H3,(H,11,13)(H,15,16). The van der Waals surface area contributed by atoms with Gasteiger partial charge in [-0.1, -0.05) is 0 Å². The van der Waals surface area contributed by atoms with Crippen LogP contribution in [0.3, 0.4) is 0 Å². The van der Waals surface area contributed by atoms with Gasteiger partial charge in [0, 0.05) is 20.0 Å². The van der Waals surface area contributed by atoms with E-state index in [0.717, 1.165) is 19.4 Å². The predicted molar refractivity (Wildman–Crippen MR) is 56.9 cm³/mol. The van der Waals surface area contributed by atoms with Crippen molar-refractivity contribution in [1.82, 2.24) is 10.2 Å². The van der Waals surface area contributed by atoms with Gasteiger partial charge in [-0.05, 0) is 19.4 Å². The van der Waals surface area contributed by atoms with E-state index in [1.165, 1.54) is 6.92 Å². The quantitative estimate of drug-likeness (QED) is 0.578. The van der Waals surface area contributed by atoms with Gasteiger partial charge in [0.15, 0.2) is 0 Å². The Morgan fingerprint density at radius 2 is 2.25 bits per heavy atom. The number of aliphatic hydroxyl groups is 1. The molecule has 1 aliphatic heterocycles. The summed E-state index contributed by atoms with van der Waals surface area (Å²) in [7, 11) is 0. The highest BCUT2D eigenvalue weighted by Crippen LogP contribution is 2.10. The van der Waals surface area contributed by atoms with Gasteiger partial charge in [-0.25, -0.2) is 4.79 Å². The molecular weight excluding hydrogens is 212 g/mol. The van der Waals surface area contributed by atoms with Crippen molar-refractivity contribution in [3.63, 3.8) is 0 Å². The van der Waals surface area contributed by atoms with E-state index >= 15 is 0 Å². The van der Waals surface area contributed by atoms with Crippen molar-refractivity contribution in [3.8, 4) is 0 Å². The number of piperidine rings is 1. The van der Waals surface area contributed by atoms with E-state index in [1.54, 1.807) is 0 Å². The highest BCUT2D eigenvalue weighted by atomic mass is 16.4. The first-order valence-corrected chi connectivity index (χ1v) is 5.39. The van der Waals surface area contributed by atoms with Gasteiger partial charge in [-0.2, -0.15) is 0 Å². The molecule has 16 heavy (non-hydrogen) atoms. The monoisotopic (exact) mass is 230 g/mol. The van der Waals surface area contributed by atoms with Gasteiger partial charge in [0.1, 0.15) is 6.04 Å². The molecule has 6 nitrogen and oxygen atoms in total. The average Bonchev–Trinajstić information content (AvgIpc) is 2.15. The van der Waals surface area contributed by atoms with Crippen LogP contribution in [-0.2, 0) is 9.59 Å². The third-order valence-electron chi connectivity index (χ3n) is 2.60. The lowest BCUT2D eigenvalue weighted by atomic mass is 10.1. The van der Waals surface area contributed by atoms with Gasteiger partial charge in [0.25, 0.3) is 0 Å². The lowest BCUT2D eigenvalue weighted by molar-refractivity contribution is -0.142. The summed E-state index contributed by atoms with van der Waals surface area (Å²) >= 11 is 0. The lowest BCUT2D eigenvalue weighted by Crippen LogP contribution is -2.50. The molecule has 3 N–H and O–H groups in total. The summed E-state index contributed by atoms with van der Waals surface area (Å²) < 4.78 is 0. The fraction of sp³-hybridized carbons (Fsp3) is 0.800. The topological polar surface area (TPSA) is 89.9 Å². The highest BCUT2D eigenvalue weighted by molar-refractivity contribution is 5.82. The Kier molecular flexibility index (Phi) is 4.70. The maximum atomic E-state index is 10.9. The number of likely N-dealkylation sites (tertiary alicyclic amines) is 1. The number of amides is 1. The number of hydrogen-bond acceptors (Lipinski definition) is 4. The number of nitrogens with one attached hydrogen (secondary N) is 1. The van der Waals surface area contributed by atoms with E-state index in [0.29, 0.717) is 6.54 Å². The van der Waals surface area contributed by atoms with E-state index in [4.69, 9.17) is 5.11 Å². The van der Waals surface area contributed by atoms with Crippen molar-refractivity contribution in [2.45, 2.75) is 31.9 Å². The van der Waals surface area contributed by atoms with Crippen molar-refractivity contribution >= 4 is 11.9 Å². The first kappa shape index (κ1) is 12.9. The van der Waals surface area contributed by atoms with E-state index in [-0.39, 0.29) is 18.6 Å². The number of nitrogens with zero attached hydrogens (tertiary/aromatic N) is 1. The van der Waals surface area contributed by atoms with Crippen molar-refractivity contribution in [1.29, 1.82) is 0 Å². The minimum Gasteiger partial charge on any atom is -0.480 e. The van der Waals surface area contributed by atoms with Crippen LogP contribution in [0.5, 0.6) is 0 Å². The number of rotatable bonds is 4. The molecule has 0 radical (unpaired) electrons. The SMILES string of the molecule is CC(=O)NC(CN1CCCC(O)C1)C(=O)O. The molecule has 2 atom stereocenters. The Balaban J connectivity index is 2.47. The Labute approximate surface area is 94.2 Å². The second kappa shape index (κ2) is 5.81. The van der Waals surface area contributed by atoms with Crippen molar-refractivity contribution < 1.29 is 19.8 Å². The molecule has 0 aromatic rings. The van der Waals surface area contributed by atoms with Crippen LogP contribution in [0.25, 0.3) is 0 Å². The Morgan fingerprint density at radius 1 is 1.56 bits per heavy atom. The number of carbonyl (C=O) groups is 2. The van der Waals surface area contributed by atoms with E-state index < -0.39 is 12.0 Å². The van der Waals surface area contributed by atoms with Gasteiger partial charge in [-0.15, -0.1) is 0 Å². The first-order valence-electron chi connectivity index (χ1n) is 5.39. The van der Waals surface area contributed by atoms with Crippen LogP contribution in [0.4, 0.5) is 0 Å². The highest BCUT2D eigenvalue weighted by Gasteiger charge is 2.25. The minimum atomic E-state index is -1.05. The Morgan fingerprint density at radius 3 is 2.75 bits per heavy atom. The summed E-state index contributed by atoms with van der Waals surface area (Å²) in [5, 5.41) is 20.7. The van der Waals surface area contributed by atoms with Crippen LogP contribution in [0.15, 0.2) is 0 Å². The zero-order chi connectivity index (χ0) is 12.1. The van der Waals surface area contributed by atoms with Gasteiger partial charge in [-0.3, -0.25) is 9.69 Å². The summed E-state index contributed by atoms with van der Waals surface area (Å²) in [6, 6.07) is -0.900. The first-order chi connectivity index (χ1) is 7.49. The molecule has 0 aliphatic carbocycles. The molecule has 0 bridgehead atoms. The van der Waals surface area contributed by atoms with Gasteiger partial charge < -0.3 is 15.5 Å². The number of carbonyl (C=O) groups excluding carboxylic acids is 1. The molecule has 1 saturated heterocycles. The van der Waals surface area contributed by atoms with E-state index in [9.17, 15) is 14.7 Å². The summed E-state index contributed by atoms with van der Waals surface area (Å²) in [4.78, 5) is 23.6. The van der Waals surface area contributed by atoms with Crippen LogP contribution in [-0.4, -0.2) is 58.8 Å². The predicted octanol–water partition coefficient (Wildman–Crippen LogP) is -0.968. The normalized spacial score (nSPS) is 23.8. The number of aliphatic hydroxyl groups excluding tert-OH is 1. The summed E-state index contributed by atoms with van der Waals surface area (Å²) in [6.45, 7) is 2.77. The fourth-order valence-corrected chi connectivity index (χ4v) is 1.89. The Hall–Kier alpha value is -1.14. The summed E-state index contributed by atoms with van der Waals surface area (Å²) in [5.74, 6) is -1.40. The van der Waals surface area contributed by atoms with E-state index in [2.05, 4.69) is 5.32 Å². The second-order valence-electron chi connectivity index (χ2n) is 4.15. The van der Waals surface area contributed by atoms with Crippen LogP contribution in [0.1, 0.15) is 19.8 Å². The number of β-amino-alcohol motifs (C(OH)–C–C–N with tert-alkyl or cyclic N) is 1. The molecule has 1 heterocycles. The maximum absolute atomic E-state index is 10.9. The van der Waals surface area contributed by atoms with Crippen molar-refractivity contribution in [3.05, 3.63) is 0 Å². The van der Waals surface area contributed by atoms with E-state index in [1.807, 2.05) is 4.90 Å². The molecule has 92 valence electrons. The molecule has 2 unspecified atom stereocenters. The van der Waals surface area contributed by atoms with Gasteiger partial charge in [0.05, 0.1) is 6.10 Å². The van der Waals surface area contributed by atoms with Crippen LogP contribution >= 0.6 is 0 Å². The molecule has 1 amide bonds. The third-order valence-corrected chi connectivity index (χ3v) is 2.60. The molecule has 0 saturated carbocycles. The Bertz CT molecular complexity index is 270. The number of carboxylic acid groups (broad SMARTS) is 1. The third kappa shape index (κ3) is 4.16. The van der Waals surface area contributed by atoms with Crippen LogP contribution < -0.4 is 5.32 Å².